The molecule has 1 N–H and O–H groups in total. The van der Waals surface area contributed by atoms with Gasteiger partial charge in [0.2, 0.25) is 0 Å². The average Bonchev–Trinajstić information content (AvgIpc) is 1.68. The molecule has 0 saturated carbocycles. The molecule has 0 aliphatic carbocycles. The zero-order chi connectivity index (χ0) is 5.70. The molecule has 0 aliphatic rings. The summed E-state index contributed by atoms with van der Waals surface area (Å²) in [5.74, 6) is 0.505. The van der Waals surface area contributed by atoms with Crippen LogP contribution in [0.4, 0.5) is 0 Å². The molecule has 1 atom stereocenters. The first kappa shape index (κ1) is 6.96. The molecule has 0 aliphatic heterocycles. The van der Waals surface area contributed by atoms with Crippen LogP contribution in [0.25, 0.3) is 0 Å². The van der Waals surface area contributed by atoms with Crippen molar-refractivity contribution in [2.24, 2.45) is 5.92 Å². The van der Waals surface area contributed by atoms with Crippen molar-refractivity contribution in [1.29, 1.82) is 0 Å². The van der Waals surface area contributed by atoms with Gasteiger partial charge in [0.05, 0.1) is 0 Å². The molecule has 0 amide bonds. The van der Waals surface area contributed by atoms with Gasteiger partial charge >= 0.3 is 0 Å². The molecule has 0 unspecified atom stereocenters. The molecule has 1 nitrogen and oxygen atoms in total. The third kappa shape index (κ3) is 3.80. The molecule has 7 heavy (non-hydrogen) atoms. The molecule has 44 valence electrons. The van der Waals surface area contributed by atoms with Gasteiger partial charge in [0.25, 0.3) is 0 Å². The van der Waals surface area contributed by atoms with E-state index in [2.05, 4.69) is 13.8 Å². The van der Waals surface area contributed by atoms with Crippen LogP contribution in [0.2, 0.25) is 0 Å². The lowest BCUT2D eigenvalue weighted by atomic mass is 10.1. The summed E-state index contributed by atoms with van der Waals surface area (Å²) in [4.78, 5) is 0. The predicted octanol–water partition coefficient (Wildman–Crippen LogP) is 1.41. The Hall–Kier alpha value is -0.0400. The fourth-order valence-corrected chi connectivity index (χ4v) is 0.584. The van der Waals surface area contributed by atoms with E-state index in [-0.39, 0.29) is 0 Å². The molecular weight excluding hydrogens is 88.1 g/mol. The lowest BCUT2D eigenvalue weighted by Crippen LogP contribution is -1.98. The fraction of sp³-hybridized carbons (Fsp3) is 1.00. The largest absolute Gasteiger partial charge is 0.396 e. The molecule has 0 aromatic carbocycles. The van der Waals surface area contributed by atoms with Crippen LogP contribution >= 0.6 is 0 Å². The first-order valence-electron chi connectivity index (χ1n) is 2.92. The van der Waals surface area contributed by atoms with E-state index in [4.69, 9.17) is 5.11 Å². The van der Waals surface area contributed by atoms with E-state index < -0.39 is 0 Å². The minimum atomic E-state index is 0.341. The Morgan fingerprint density at radius 3 is 2.29 bits per heavy atom. The SMILES string of the molecule is CCC[C@H](C)CO. The number of aliphatic hydroxyl groups excluding tert-OH is 1. The maximum absolute atomic E-state index is 8.47. The molecule has 0 heterocycles. The summed E-state index contributed by atoms with van der Waals surface area (Å²) < 4.78 is 0. The number of rotatable bonds is 3. The Balaban J connectivity index is 2.83. The van der Waals surface area contributed by atoms with Crippen molar-refractivity contribution in [2.45, 2.75) is 26.7 Å². The first-order valence-corrected chi connectivity index (χ1v) is 2.92. The van der Waals surface area contributed by atoms with Crippen LogP contribution in [0.15, 0.2) is 0 Å². The van der Waals surface area contributed by atoms with E-state index in [1.807, 2.05) is 0 Å². The van der Waals surface area contributed by atoms with Gasteiger partial charge in [-0.15, -0.1) is 0 Å². The van der Waals surface area contributed by atoms with Gasteiger partial charge in [-0.25, -0.2) is 0 Å². The Labute approximate surface area is 45.4 Å². The quantitative estimate of drug-likeness (QED) is 0.571. The predicted molar refractivity (Wildman–Crippen MR) is 31.2 cm³/mol. The third-order valence-electron chi connectivity index (χ3n) is 1.09. The van der Waals surface area contributed by atoms with Crippen LogP contribution in [0, 0.1) is 5.92 Å². The molecule has 0 bridgehead atoms. The summed E-state index contributed by atoms with van der Waals surface area (Å²) in [6, 6.07) is 0. The lowest BCUT2D eigenvalue weighted by molar-refractivity contribution is 0.229. The van der Waals surface area contributed by atoms with Gasteiger partial charge in [-0.3, -0.25) is 0 Å². The summed E-state index contributed by atoms with van der Waals surface area (Å²) in [6.45, 7) is 4.53. The van der Waals surface area contributed by atoms with E-state index in [1.165, 1.54) is 6.42 Å². The highest BCUT2D eigenvalue weighted by Gasteiger charge is 1.93. The molecule has 0 aromatic rings. The molecule has 0 aromatic heterocycles. The van der Waals surface area contributed by atoms with E-state index in [9.17, 15) is 0 Å². The molecule has 0 rings (SSSR count). The van der Waals surface area contributed by atoms with Crippen LogP contribution in [0.3, 0.4) is 0 Å². The lowest BCUT2D eigenvalue weighted by Gasteiger charge is -2.01. The standard InChI is InChI=1S/C6H14O/c1-3-4-6(2)5-7/h6-7H,3-5H2,1-2H3/t6-/m0/s1. The van der Waals surface area contributed by atoms with Crippen LogP contribution in [-0.2, 0) is 0 Å². The number of hydrogen-bond donors (Lipinski definition) is 1. The van der Waals surface area contributed by atoms with Crippen LogP contribution < -0.4 is 0 Å². The number of hydrogen-bond acceptors (Lipinski definition) is 1. The summed E-state index contributed by atoms with van der Waals surface area (Å²) in [5.41, 5.74) is 0. The average molecular weight is 102 g/mol. The maximum Gasteiger partial charge on any atom is 0.0456 e. The van der Waals surface area contributed by atoms with Crippen molar-refractivity contribution in [3.63, 3.8) is 0 Å². The maximum atomic E-state index is 8.47. The molecular formula is C6H14O. The third-order valence-corrected chi connectivity index (χ3v) is 1.09. The smallest absolute Gasteiger partial charge is 0.0456 e. The van der Waals surface area contributed by atoms with Gasteiger partial charge < -0.3 is 5.11 Å². The van der Waals surface area contributed by atoms with Gasteiger partial charge in [0.15, 0.2) is 0 Å². The molecule has 0 fully saturated rings. The van der Waals surface area contributed by atoms with E-state index in [0.717, 1.165) is 6.42 Å². The van der Waals surface area contributed by atoms with E-state index in [1.54, 1.807) is 0 Å². The monoisotopic (exact) mass is 102 g/mol. The second-order valence-corrected chi connectivity index (χ2v) is 2.08. The zero-order valence-electron chi connectivity index (χ0n) is 5.15. The van der Waals surface area contributed by atoms with E-state index in [0.29, 0.717) is 12.5 Å². The van der Waals surface area contributed by atoms with Crippen LogP contribution in [-0.4, -0.2) is 11.7 Å². The van der Waals surface area contributed by atoms with Gasteiger partial charge in [-0.05, 0) is 12.3 Å². The zero-order valence-corrected chi connectivity index (χ0v) is 5.15. The Bertz CT molecular complexity index is 35.2. The van der Waals surface area contributed by atoms with Crippen molar-refractivity contribution in [3.8, 4) is 0 Å². The van der Waals surface area contributed by atoms with Crippen molar-refractivity contribution < 1.29 is 5.11 Å². The second kappa shape index (κ2) is 4.13. The summed E-state index contributed by atoms with van der Waals surface area (Å²) in [5, 5.41) is 8.47. The Morgan fingerprint density at radius 2 is 2.14 bits per heavy atom. The molecule has 0 saturated heterocycles. The van der Waals surface area contributed by atoms with E-state index >= 15 is 0 Å². The second-order valence-electron chi connectivity index (χ2n) is 2.08. The Kier molecular flexibility index (Phi) is 4.10. The molecule has 1 heteroatoms. The van der Waals surface area contributed by atoms with Gasteiger partial charge in [-0.1, -0.05) is 20.3 Å². The van der Waals surface area contributed by atoms with Gasteiger partial charge in [0, 0.05) is 6.61 Å². The van der Waals surface area contributed by atoms with Crippen LogP contribution in [0.5, 0.6) is 0 Å². The number of aliphatic hydroxyl groups is 1. The normalized spacial score (nSPS) is 14.1. The highest BCUT2D eigenvalue weighted by Crippen LogP contribution is 2.01. The van der Waals surface area contributed by atoms with Gasteiger partial charge in [-0.2, -0.15) is 0 Å². The van der Waals surface area contributed by atoms with Gasteiger partial charge in [0.1, 0.15) is 0 Å². The molecule has 0 radical (unpaired) electrons. The van der Waals surface area contributed by atoms with Crippen molar-refractivity contribution in [1.82, 2.24) is 0 Å². The fourth-order valence-electron chi connectivity index (χ4n) is 0.584. The van der Waals surface area contributed by atoms with Crippen molar-refractivity contribution >= 4 is 0 Å². The molecule has 0 spiro atoms. The minimum Gasteiger partial charge on any atom is -0.396 e. The van der Waals surface area contributed by atoms with Crippen molar-refractivity contribution in [2.75, 3.05) is 6.61 Å². The Morgan fingerprint density at radius 1 is 1.57 bits per heavy atom. The topological polar surface area (TPSA) is 20.2 Å². The summed E-state index contributed by atoms with van der Waals surface area (Å²) in [6.07, 6.45) is 2.33. The summed E-state index contributed by atoms with van der Waals surface area (Å²) in [7, 11) is 0. The summed E-state index contributed by atoms with van der Waals surface area (Å²) >= 11 is 0. The van der Waals surface area contributed by atoms with Crippen LogP contribution in [0.1, 0.15) is 26.7 Å². The van der Waals surface area contributed by atoms with Crippen molar-refractivity contribution in [3.05, 3.63) is 0 Å². The first-order chi connectivity index (χ1) is 3.31. The highest BCUT2D eigenvalue weighted by atomic mass is 16.3. The highest BCUT2D eigenvalue weighted by molar-refractivity contribution is 4.45. The minimum absolute atomic E-state index is 0.341.